The lowest BCUT2D eigenvalue weighted by atomic mass is 9.85. The molecule has 11 heteroatoms. The van der Waals surface area contributed by atoms with Crippen molar-refractivity contribution in [1.29, 1.82) is 0 Å². The van der Waals surface area contributed by atoms with E-state index in [2.05, 4.69) is 32.0 Å². The van der Waals surface area contributed by atoms with Gasteiger partial charge in [0, 0.05) is 24.0 Å². The molecule has 4 rings (SSSR count). The Morgan fingerprint density at radius 2 is 2.11 bits per heavy atom. The van der Waals surface area contributed by atoms with Crippen LogP contribution in [0.25, 0.3) is 11.4 Å². The Labute approximate surface area is 207 Å². The number of hydrogen-bond donors (Lipinski definition) is 1. The molecule has 1 aliphatic carbocycles. The van der Waals surface area contributed by atoms with Crippen LogP contribution in [0.1, 0.15) is 45.6 Å². The Hall–Kier alpha value is -3.47. The number of nitrogens with zero attached hydrogens (tertiary/aromatic N) is 5. The summed E-state index contributed by atoms with van der Waals surface area (Å²) in [6.07, 6.45) is 7.96. The van der Waals surface area contributed by atoms with Crippen LogP contribution < -0.4 is 10.1 Å². The van der Waals surface area contributed by atoms with Gasteiger partial charge in [-0.25, -0.2) is 0 Å². The summed E-state index contributed by atoms with van der Waals surface area (Å²) in [7, 11) is 0. The Morgan fingerprint density at radius 1 is 1.29 bits per heavy atom. The predicted octanol–water partition coefficient (Wildman–Crippen LogP) is 5.13. The average Bonchev–Trinajstić information content (AvgIpc) is 3.28. The fourth-order valence-corrected chi connectivity index (χ4v) is 5.18. The van der Waals surface area contributed by atoms with Gasteiger partial charge in [-0.1, -0.05) is 31.5 Å². The quantitative estimate of drug-likeness (QED) is 0.246. The molecule has 1 aliphatic rings. The second-order valence-corrected chi connectivity index (χ2v) is 9.40. The smallest absolute Gasteiger partial charge is 0.296 e. The van der Waals surface area contributed by atoms with Crippen molar-refractivity contribution in [2.75, 3.05) is 17.7 Å². The van der Waals surface area contributed by atoms with Crippen LogP contribution in [0.3, 0.4) is 0 Å². The summed E-state index contributed by atoms with van der Waals surface area (Å²) < 4.78 is 7.47. The van der Waals surface area contributed by atoms with Crippen molar-refractivity contribution in [2.24, 2.45) is 5.92 Å². The largest absolute Gasteiger partial charge is 0.494 e. The van der Waals surface area contributed by atoms with Crippen LogP contribution in [0.4, 0.5) is 11.4 Å². The molecule has 10 nitrogen and oxygen atoms in total. The first-order chi connectivity index (χ1) is 17.0. The summed E-state index contributed by atoms with van der Waals surface area (Å²) in [5.74, 6) is 1.24. The van der Waals surface area contributed by atoms with E-state index in [0.29, 0.717) is 23.4 Å². The molecule has 1 N–H and O–H groups in total. The highest BCUT2D eigenvalue weighted by molar-refractivity contribution is 7.99. The van der Waals surface area contributed by atoms with Crippen LogP contribution in [0.2, 0.25) is 0 Å². The molecule has 0 unspecified atom stereocenters. The van der Waals surface area contributed by atoms with E-state index in [1.165, 1.54) is 30.3 Å². The van der Waals surface area contributed by atoms with Gasteiger partial charge in [-0.05, 0) is 49.9 Å². The van der Waals surface area contributed by atoms with Crippen molar-refractivity contribution in [3.8, 4) is 17.1 Å². The minimum absolute atomic E-state index is 0.0383. The van der Waals surface area contributed by atoms with Gasteiger partial charge in [-0.3, -0.25) is 24.5 Å². The molecule has 0 aliphatic heterocycles. The van der Waals surface area contributed by atoms with E-state index in [0.717, 1.165) is 30.7 Å². The van der Waals surface area contributed by atoms with Crippen molar-refractivity contribution < 1.29 is 14.5 Å². The summed E-state index contributed by atoms with van der Waals surface area (Å²) in [5.41, 5.74) is 0.786. The third-order valence-corrected chi connectivity index (χ3v) is 7.01. The third kappa shape index (κ3) is 5.79. The molecule has 0 spiro atoms. The maximum absolute atomic E-state index is 12.7. The number of carbonyl (C=O) groups is 1. The molecule has 1 aromatic carbocycles. The van der Waals surface area contributed by atoms with E-state index in [4.69, 9.17) is 4.74 Å². The number of pyridine rings is 1. The SMILES string of the molecule is CCOc1ccc(NC(=O)CSc2nnc(-c3cccnc3)n2[C@@H]2CCCC[C@H]2C)c([N+](=O)[O-])c1. The van der Waals surface area contributed by atoms with Gasteiger partial charge in [-0.15, -0.1) is 10.2 Å². The minimum atomic E-state index is -0.535. The van der Waals surface area contributed by atoms with Crippen molar-refractivity contribution in [1.82, 2.24) is 19.7 Å². The number of amides is 1. The topological polar surface area (TPSA) is 125 Å². The molecule has 184 valence electrons. The van der Waals surface area contributed by atoms with Gasteiger partial charge < -0.3 is 10.1 Å². The van der Waals surface area contributed by atoms with Crippen LogP contribution in [0, 0.1) is 16.0 Å². The second kappa shape index (κ2) is 11.3. The number of carbonyl (C=O) groups excluding carboxylic acids is 1. The van der Waals surface area contributed by atoms with Gasteiger partial charge >= 0.3 is 0 Å². The van der Waals surface area contributed by atoms with Crippen molar-refractivity contribution >= 4 is 29.0 Å². The fraction of sp³-hybridized carbons (Fsp3) is 0.417. The summed E-state index contributed by atoms with van der Waals surface area (Å²) in [4.78, 5) is 27.9. The van der Waals surface area contributed by atoms with Gasteiger partial charge in [0.05, 0.1) is 23.3 Å². The Bertz CT molecular complexity index is 1190. The van der Waals surface area contributed by atoms with Crippen molar-refractivity contribution in [2.45, 2.75) is 50.7 Å². The minimum Gasteiger partial charge on any atom is -0.494 e. The summed E-state index contributed by atoms with van der Waals surface area (Å²) in [6, 6.07) is 8.44. The molecule has 2 aromatic heterocycles. The zero-order valence-electron chi connectivity index (χ0n) is 19.7. The monoisotopic (exact) mass is 496 g/mol. The number of nitrogens with one attached hydrogen (secondary N) is 1. The molecular weight excluding hydrogens is 468 g/mol. The van der Waals surface area contributed by atoms with Gasteiger partial charge in [0.25, 0.3) is 5.69 Å². The van der Waals surface area contributed by atoms with Gasteiger partial charge in [0.15, 0.2) is 11.0 Å². The number of ether oxygens (including phenoxy) is 1. The fourth-order valence-electron chi connectivity index (χ4n) is 4.39. The van der Waals surface area contributed by atoms with E-state index in [9.17, 15) is 14.9 Å². The number of anilines is 1. The number of aromatic nitrogens is 4. The van der Waals surface area contributed by atoms with E-state index in [1.54, 1.807) is 25.4 Å². The molecule has 2 heterocycles. The van der Waals surface area contributed by atoms with Crippen LogP contribution in [0.5, 0.6) is 5.75 Å². The number of thioether (sulfide) groups is 1. The Balaban J connectivity index is 1.53. The van der Waals surface area contributed by atoms with Crippen molar-refractivity contribution in [3.05, 3.63) is 52.8 Å². The van der Waals surface area contributed by atoms with Gasteiger partial charge in [-0.2, -0.15) is 0 Å². The van der Waals surface area contributed by atoms with E-state index in [-0.39, 0.29) is 29.1 Å². The maximum Gasteiger partial charge on any atom is 0.296 e. The van der Waals surface area contributed by atoms with Gasteiger partial charge in [0.1, 0.15) is 11.4 Å². The molecule has 0 saturated heterocycles. The Morgan fingerprint density at radius 3 is 2.83 bits per heavy atom. The van der Waals surface area contributed by atoms with Crippen LogP contribution in [-0.2, 0) is 4.79 Å². The first-order valence-corrected chi connectivity index (χ1v) is 12.7. The van der Waals surface area contributed by atoms with Crippen LogP contribution in [0.15, 0.2) is 47.9 Å². The zero-order valence-corrected chi connectivity index (χ0v) is 20.5. The molecule has 0 radical (unpaired) electrons. The Kier molecular flexibility index (Phi) is 7.96. The molecule has 2 atom stereocenters. The zero-order chi connectivity index (χ0) is 24.8. The van der Waals surface area contributed by atoms with E-state index >= 15 is 0 Å². The molecular formula is C24H28N6O4S. The highest BCUT2D eigenvalue weighted by Gasteiger charge is 2.29. The summed E-state index contributed by atoms with van der Waals surface area (Å²) >= 11 is 1.27. The second-order valence-electron chi connectivity index (χ2n) is 8.45. The lowest BCUT2D eigenvalue weighted by molar-refractivity contribution is -0.384. The normalized spacial score (nSPS) is 17.7. The number of benzene rings is 1. The molecule has 35 heavy (non-hydrogen) atoms. The van der Waals surface area contributed by atoms with Gasteiger partial charge in [0.2, 0.25) is 5.91 Å². The number of nitro benzene ring substituents is 1. The van der Waals surface area contributed by atoms with E-state index < -0.39 is 4.92 Å². The molecule has 3 aromatic rings. The third-order valence-electron chi connectivity index (χ3n) is 6.07. The highest BCUT2D eigenvalue weighted by Crippen LogP contribution is 2.39. The number of hydrogen-bond acceptors (Lipinski definition) is 8. The summed E-state index contributed by atoms with van der Waals surface area (Å²) in [6.45, 7) is 4.43. The highest BCUT2D eigenvalue weighted by atomic mass is 32.2. The van der Waals surface area contributed by atoms with Crippen molar-refractivity contribution in [3.63, 3.8) is 0 Å². The lowest BCUT2D eigenvalue weighted by Gasteiger charge is -2.31. The number of nitro groups is 1. The maximum atomic E-state index is 12.7. The molecule has 1 fully saturated rings. The van der Waals surface area contributed by atoms with Crippen LogP contribution in [-0.4, -0.2) is 42.9 Å². The predicted molar refractivity (Wildman–Crippen MR) is 134 cm³/mol. The number of rotatable bonds is 9. The molecule has 0 bridgehead atoms. The first kappa shape index (κ1) is 24.6. The average molecular weight is 497 g/mol. The van der Waals surface area contributed by atoms with E-state index in [1.807, 2.05) is 12.1 Å². The summed E-state index contributed by atoms with van der Waals surface area (Å²) in [5, 5.41) is 23.6. The molecule has 1 amide bonds. The standard InChI is InChI=1S/C24H28N6O4S/c1-3-34-18-10-11-19(21(13-18)30(32)33)26-22(31)15-35-24-28-27-23(17-8-6-12-25-14-17)29(24)20-9-5-4-7-16(20)2/h6,8,10-14,16,20H,3-5,7,9,15H2,1-2H3,(H,26,31)/t16-,20-/m1/s1. The molecule has 1 saturated carbocycles. The first-order valence-electron chi connectivity index (χ1n) is 11.7. The van der Waals surface area contributed by atoms with Crippen LogP contribution >= 0.6 is 11.8 Å². The lowest BCUT2D eigenvalue weighted by Crippen LogP contribution is -2.23.